The lowest BCUT2D eigenvalue weighted by Gasteiger charge is -2.29. The van der Waals surface area contributed by atoms with E-state index in [1.165, 1.54) is 16.2 Å². The number of carbonyl (C=O) groups is 3. The number of amides is 3. The minimum absolute atomic E-state index is 0.0385. The second-order valence-corrected chi connectivity index (χ2v) is 9.22. The van der Waals surface area contributed by atoms with Crippen LogP contribution >= 0.6 is 11.3 Å². The standard InChI is InChI=1S/C16H23N3O5S2/c1-12(16(22)19-6-9-26(23,24)10-7-19)18-14(20)3-2-5-17-15(21)13-4-8-25-11-13/h4,8,11-12H,2-3,5-7,9-10H2,1H3,(H,17,21)(H,18,20). The summed E-state index contributed by atoms with van der Waals surface area (Å²) in [4.78, 5) is 37.4. The number of thiophene rings is 1. The van der Waals surface area contributed by atoms with Gasteiger partial charge in [-0.15, -0.1) is 0 Å². The minimum atomic E-state index is -3.05. The Hall–Kier alpha value is -1.94. The lowest BCUT2D eigenvalue weighted by atomic mass is 10.2. The Bertz CT molecular complexity index is 732. The highest BCUT2D eigenvalue weighted by molar-refractivity contribution is 7.91. The number of rotatable bonds is 7. The summed E-state index contributed by atoms with van der Waals surface area (Å²) in [5, 5.41) is 8.92. The molecule has 8 nitrogen and oxygen atoms in total. The maximum atomic E-state index is 12.3. The first-order valence-electron chi connectivity index (χ1n) is 8.37. The van der Waals surface area contributed by atoms with Crippen molar-refractivity contribution in [2.45, 2.75) is 25.8 Å². The van der Waals surface area contributed by atoms with E-state index >= 15 is 0 Å². The van der Waals surface area contributed by atoms with E-state index < -0.39 is 15.9 Å². The van der Waals surface area contributed by atoms with Gasteiger partial charge in [0, 0.05) is 37.0 Å². The fourth-order valence-electron chi connectivity index (χ4n) is 2.53. The Kier molecular flexibility index (Phi) is 7.15. The lowest BCUT2D eigenvalue weighted by molar-refractivity contribution is -0.135. The molecule has 0 spiro atoms. The molecule has 3 amide bonds. The molecule has 0 aromatic carbocycles. The van der Waals surface area contributed by atoms with Crippen molar-refractivity contribution in [2.75, 3.05) is 31.1 Å². The number of carbonyl (C=O) groups excluding carboxylic acids is 3. The van der Waals surface area contributed by atoms with Crippen LogP contribution in [0.3, 0.4) is 0 Å². The number of sulfone groups is 1. The number of nitrogens with zero attached hydrogens (tertiary/aromatic N) is 1. The van der Waals surface area contributed by atoms with Gasteiger partial charge in [0.05, 0.1) is 11.5 Å². The van der Waals surface area contributed by atoms with Gasteiger partial charge in [0.2, 0.25) is 11.8 Å². The van der Waals surface area contributed by atoms with E-state index in [4.69, 9.17) is 0 Å². The average molecular weight is 402 g/mol. The number of nitrogens with one attached hydrogen (secondary N) is 2. The van der Waals surface area contributed by atoms with E-state index in [1.54, 1.807) is 18.4 Å². The molecule has 1 aliphatic rings. The first-order valence-corrected chi connectivity index (χ1v) is 11.1. The predicted molar refractivity (Wildman–Crippen MR) is 98.7 cm³/mol. The molecule has 1 atom stereocenters. The quantitative estimate of drug-likeness (QED) is 0.626. The average Bonchev–Trinajstić information content (AvgIpc) is 3.12. The van der Waals surface area contributed by atoms with Crippen LogP contribution in [0.4, 0.5) is 0 Å². The Labute approximate surface area is 156 Å². The van der Waals surface area contributed by atoms with Gasteiger partial charge in [-0.2, -0.15) is 11.3 Å². The molecule has 10 heteroatoms. The van der Waals surface area contributed by atoms with Crippen LogP contribution in [0.15, 0.2) is 16.8 Å². The van der Waals surface area contributed by atoms with Gasteiger partial charge in [0.1, 0.15) is 6.04 Å². The number of hydrogen-bond acceptors (Lipinski definition) is 6. The summed E-state index contributed by atoms with van der Waals surface area (Å²) in [7, 11) is -3.05. The maximum Gasteiger partial charge on any atom is 0.252 e. The predicted octanol–water partition coefficient (Wildman–Crippen LogP) is 0.0198. The molecule has 0 bridgehead atoms. The third kappa shape index (κ3) is 6.10. The highest BCUT2D eigenvalue weighted by Crippen LogP contribution is 2.07. The second kappa shape index (κ2) is 9.13. The van der Waals surface area contributed by atoms with Gasteiger partial charge < -0.3 is 15.5 Å². The van der Waals surface area contributed by atoms with E-state index in [-0.39, 0.29) is 48.7 Å². The summed E-state index contributed by atoms with van der Waals surface area (Å²) in [6.07, 6.45) is 0.653. The monoisotopic (exact) mass is 401 g/mol. The molecule has 144 valence electrons. The molecule has 0 saturated carbocycles. The topological polar surface area (TPSA) is 113 Å². The zero-order valence-corrected chi connectivity index (χ0v) is 16.2. The van der Waals surface area contributed by atoms with Crippen LogP contribution in [-0.2, 0) is 19.4 Å². The van der Waals surface area contributed by atoms with Crippen molar-refractivity contribution in [3.05, 3.63) is 22.4 Å². The van der Waals surface area contributed by atoms with E-state index in [2.05, 4.69) is 10.6 Å². The van der Waals surface area contributed by atoms with Gasteiger partial charge in [-0.05, 0) is 24.8 Å². The van der Waals surface area contributed by atoms with Gasteiger partial charge in [0.25, 0.3) is 5.91 Å². The molecule has 0 radical (unpaired) electrons. The molecule has 1 aromatic heterocycles. The van der Waals surface area contributed by atoms with Crippen molar-refractivity contribution in [2.24, 2.45) is 0 Å². The molecule has 26 heavy (non-hydrogen) atoms. The van der Waals surface area contributed by atoms with Crippen molar-refractivity contribution in [3.63, 3.8) is 0 Å². The van der Waals surface area contributed by atoms with Crippen LogP contribution in [0.1, 0.15) is 30.1 Å². The summed E-state index contributed by atoms with van der Waals surface area (Å²) >= 11 is 1.44. The molecule has 1 aliphatic heterocycles. The van der Waals surface area contributed by atoms with Gasteiger partial charge in [0.15, 0.2) is 9.84 Å². The molecule has 1 fully saturated rings. The molecule has 1 unspecified atom stereocenters. The summed E-state index contributed by atoms with van der Waals surface area (Å²) in [6.45, 7) is 2.28. The van der Waals surface area contributed by atoms with Crippen LogP contribution in [-0.4, -0.2) is 68.2 Å². The first-order chi connectivity index (χ1) is 12.3. The first kappa shape index (κ1) is 20.4. The van der Waals surface area contributed by atoms with Crippen LogP contribution in [0, 0.1) is 0 Å². The van der Waals surface area contributed by atoms with Crippen molar-refractivity contribution in [3.8, 4) is 0 Å². The summed E-state index contributed by atoms with van der Waals surface area (Å²) in [5.41, 5.74) is 0.599. The third-order valence-electron chi connectivity index (χ3n) is 4.05. The molecular weight excluding hydrogens is 378 g/mol. The Morgan fingerprint density at radius 1 is 1.27 bits per heavy atom. The molecule has 0 aliphatic carbocycles. The highest BCUT2D eigenvalue weighted by Gasteiger charge is 2.28. The van der Waals surface area contributed by atoms with Crippen molar-refractivity contribution in [1.82, 2.24) is 15.5 Å². The molecule has 2 N–H and O–H groups in total. The van der Waals surface area contributed by atoms with Crippen molar-refractivity contribution < 1.29 is 22.8 Å². The Balaban J connectivity index is 1.65. The second-order valence-electron chi connectivity index (χ2n) is 6.14. The largest absolute Gasteiger partial charge is 0.352 e. The van der Waals surface area contributed by atoms with Crippen LogP contribution in [0.25, 0.3) is 0 Å². The SMILES string of the molecule is CC(NC(=O)CCCNC(=O)c1ccsc1)C(=O)N1CCS(=O)(=O)CC1. The Morgan fingerprint density at radius 3 is 2.58 bits per heavy atom. The third-order valence-corrected chi connectivity index (χ3v) is 6.35. The van der Waals surface area contributed by atoms with E-state index in [9.17, 15) is 22.8 Å². The van der Waals surface area contributed by atoms with Gasteiger partial charge in [-0.25, -0.2) is 8.42 Å². The molecule has 2 heterocycles. The van der Waals surface area contributed by atoms with Gasteiger partial charge in [-0.3, -0.25) is 14.4 Å². The van der Waals surface area contributed by atoms with Crippen LogP contribution in [0.5, 0.6) is 0 Å². The Morgan fingerprint density at radius 2 is 1.96 bits per heavy atom. The minimum Gasteiger partial charge on any atom is -0.352 e. The highest BCUT2D eigenvalue weighted by atomic mass is 32.2. The molecule has 1 aromatic rings. The van der Waals surface area contributed by atoms with E-state index in [1.807, 2.05) is 5.38 Å². The zero-order valence-electron chi connectivity index (χ0n) is 14.6. The summed E-state index contributed by atoms with van der Waals surface area (Å²) in [6, 6.07) is 1.02. The smallest absolute Gasteiger partial charge is 0.252 e. The van der Waals surface area contributed by atoms with Crippen LogP contribution < -0.4 is 10.6 Å². The fourth-order valence-corrected chi connectivity index (χ4v) is 4.37. The lowest BCUT2D eigenvalue weighted by Crippen LogP contribution is -2.51. The van der Waals surface area contributed by atoms with E-state index in [0.717, 1.165) is 0 Å². The molecular formula is C16H23N3O5S2. The summed E-state index contributed by atoms with van der Waals surface area (Å²) < 4.78 is 22.8. The zero-order chi connectivity index (χ0) is 19.2. The van der Waals surface area contributed by atoms with Crippen LogP contribution in [0.2, 0.25) is 0 Å². The van der Waals surface area contributed by atoms with Gasteiger partial charge >= 0.3 is 0 Å². The van der Waals surface area contributed by atoms with Gasteiger partial charge in [-0.1, -0.05) is 0 Å². The van der Waals surface area contributed by atoms with E-state index in [0.29, 0.717) is 18.5 Å². The maximum absolute atomic E-state index is 12.3. The summed E-state index contributed by atoms with van der Waals surface area (Å²) in [5.74, 6) is -0.804. The normalized spacial score (nSPS) is 17.3. The molecule has 2 rings (SSSR count). The number of hydrogen-bond donors (Lipinski definition) is 2. The fraction of sp³-hybridized carbons (Fsp3) is 0.562. The van der Waals surface area contributed by atoms with Crippen molar-refractivity contribution >= 4 is 38.9 Å². The van der Waals surface area contributed by atoms with Crippen molar-refractivity contribution in [1.29, 1.82) is 0 Å². The molecule has 1 saturated heterocycles.